The molecule has 2 atom stereocenters. The molecule has 9 nitrogen and oxygen atoms in total. The third kappa shape index (κ3) is 7.10. The Balaban J connectivity index is 4.11. The van der Waals surface area contributed by atoms with Gasteiger partial charge in [-0.05, 0) is 10.8 Å². The molecule has 0 bridgehead atoms. The molecule has 0 aliphatic rings. The molecule has 114 valence electrons. The second kappa shape index (κ2) is 7.99. The fraction of sp³-hybridized carbons (Fsp3) is 0.857. The monoisotopic (exact) mass is 335 g/mol. The molecule has 0 aromatic carbocycles. The number of nitrogens with two attached hydrogens (primary N) is 3. The number of hydrogen-bond acceptors (Lipinski definition) is 12. The first-order chi connectivity index (χ1) is 8.51. The van der Waals surface area contributed by atoms with Crippen LogP contribution < -0.4 is 17.2 Å². The van der Waals surface area contributed by atoms with Crippen molar-refractivity contribution in [2.24, 2.45) is 17.2 Å². The summed E-state index contributed by atoms with van der Waals surface area (Å²) in [5.41, 5.74) is 14.2. The van der Waals surface area contributed by atoms with E-state index in [0.717, 1.165) is 0 Å². The zero-order valence-corrected chi connectivity index (χ0v) is 12.1. The van der Waals surface area contributed by atoms with Gasteiger partial charge in [0.1, 0.15) is 5.44 Å². The molecular weight excluding hydrogens is 318 g/mol. The van der Waals surface area contributed by atoms with Crippen LogP contribution >= 0.6 is 33.3 Å². The van der Waals surface area contributed by atoms with Crippen molar-refractivity contribution in [1.29, 1.82) is 0 Å². The van der Waals surface area contributed by atoms with Crippen LogP contribution in [0.1, 0.15) is 0 Å². The zero-order chi connectivity index (χ0) is 15.3. The van der Waals surface area contributed by atoms with Gasteiger partial charge < -0.3 is 37.0 Å². The second-order valence-electron chi connectivity index (χ2n) is 3.44. The Bertz CT molecular complexity index is 300. The van der Waals surface area contributed by atoms with E-state index in [1.165, 1.54) is 0 Å². The van der Waals surface area contributed by atoms with Crippen molar-refractivity contribution in [3.63, 3.8) is 0 Å². The molecular formula is C7H17N3O6S3. The van der Waals surface area contributed by atoms with Crippen LogP contribution in [-0.4, -0.2) is 65.5 Å². The first-order valence-electron chi connectivity index (χ1n) is 4.84. The Morgan fingerprint density at radius 2 is 1.79 bits per heavy atom. The Hall–Kier alpha value is 0.400. The van der Waals surface area contributed by atoms with E-state index < -0.39 is 27.6 Å². The Morgan fingerprint density at radius 1 is 1.26 bits per heavy atom. The summed E-state index contributed by atoms with van der Waals surface area (Å²) in [7, 11) is 0.933. The fourth-order valence-electron chi connectivity index (χ4n) is 0.588. The van der Waals surface area contributed by atoms with Crippen molar-refractivity contribution in [2.75, 3.05) is 12.3 Å². The molecule has 0 spiro atoms. The zero-order valence-electron chi connectivity index (χ0n) is 9.67. The topological polar surface area (TPSA) is 196 Å². The van der Waals surface area contributed by atoms with Crippen LogP contribution in [0.15, 0.2) is 0 Å². The molecule has 2 unspecified atom stereocenters. The number of hydrogen-bond donors (Lipinski definition) is 8. The normalized spacial score (nSPS) is 16.2. The highest BCUT2D eigenvalue weighted by Gasteiger charge is 2.45. The summed E-state index contributed by atoms with van der Waals surface area (Å²) < 4.78 is 0. The first-order valence-corrected chi connectivity index (χ1v) is 8.04. The van der Waals surface area contributed by atoms with Crippen LogP contribution in [0, 0.1) is 0 Å². The predicted octanol–water partition coefficient (Wildman–Crippen LogP) is -3.53. The minimum absolute atomic E-state index is 0.0628. The van der Waals surface area contributed by atoms with E-state index in [9.17, 15) is 15.0 Å². The van der Waals surface area contributed by atoms with Gasteiger partial charge in [-0.15, -0.1) is 0 Å². The second-order valence-corrected chi connectivity index (χ2v) is 7.13. The summed E-state index contributed by atoms with van der Waals surface area (Å²) in [6.07, 6.45) is 0. The third-order valence-corrected chi connectivity index (χ3v) is 5.26. The van der Waals surface area contributed by atoms with E-state index in [1.54, 1.807) is 0 Å². The molecule has 0 aliphatic carbocycles. The molecule has 0 heterocycles. The van der Waals surface area contributed by atoms with E-state index >= 15 is 0 Å². The van der Waals surface area contributed by atoms with E-state index in [2.05, 4.69) is 0 Å². The van der Waals surface area contributed by atoms with Crippen LogP contribution in [0.5, 0.6) is 0 Å². The summed E-state index contributed by atoms with van der Waals surface area (Å²) in [5.74, 6) is -3.28. The SMILES string of the molecule is NCC(O)SC(=O)C(N)CSSC(O)(O)C(N)(O)O. The number of rotatable bonds is 8. The lowest BCUT2D eigenvalue weighted by Crippen LogP contribution is -2.58. The van der Waals surface area contributed by atoms with Gasteiger partial charge in [0, 0.05) is 12.3 Å². The number of carbonyl (C=O) groups excluding carboxylic acids is 1. The summed E-state index contributed by atoms with van der Waals surface area (Å²) in [6, 6.07) is -0.996. The van der Waals surface area contributed by atoms with Crippen LogP contribution in [0.4, 0.5) is 0 Å². The van der Waals surface area contributed by atoms with E-state index in [1.807, 2.05) is 0 Å². The van der Waals surface area contributed by atoms with Crippen LogP contribution in [0.25, 0.3) is 0 Å². The quantitative estimate of drug-likeness (QED) is 0.161. The lowest BCUT2D eigenvalue weighted by molar-refractivity contribution is -0.305. The highest BCUT2D eigenvalue weighted by molar-refractivity contribution is 8.77. The molecule has 0 rings (SSSR count). The van der Waals surface area contributed by atoms with Crippen molar-refractivity contribution < 1.29 is 30.3 Å². The van der Waals surface area contributed by atoms with Crippen LogP contribution in [0.2, 0.25) is 0 Å². The fourth-order valence-corrected chi connectivity index (χ4v) is 3.47. The maximum atomic E-state index is 11.4. The van der Waals surface area contributed by atoms with Crippen molar-refractivity contribution in [3.05, 3.63) is 0 Å². The van der Waals surface area contributed by atoms with Crippen molar-refractivity contribution in [1.82, 2.24) is 0 Å². The van der Waals surface area contributed by atoms with Gasteiger partial charge in [0.15, 0.2) is 0 Å². The Kier molecular flexibility index (Phi) is 8.16. The molecule has 0 fully saturated rings. The van der Waals surface area contributed by atoms with E-state index in [0.29, 0.717) is 22.6 Å². The van der Waals surface area contributed by atoms with Crippen molar-refractivity contribution >= 4 is 38.5 Å². The van der Waals surface area contributed by atoms with Crippen molar-refractivity contribution in [3.8, 4) is 0 Å². The lowest BCUT2D eigenvalue weighted by atomic mass is 10.4. The molecule has 0 radical (unpaired) electrons. The smallest absolute Gasteiger partial charge is 0.295 e. The molecule has 0 amide bonds. The van der Waals surface area contributed by atoms with Gasteiger partial charge in [0.2, 0.25) is 5.12 Å². The van der Waals surface area contributed by atoms with Gasteiger partial charge in [-0.3, -0.25) is 10.5 Å². The van der Waals surface area contributed by atoms with Gasteiger partial charge in [-0.1, -0.05) is 22.6 Å². The largest absolute Gasteiger partial charge is 0.381 e. The average Bonchev–Trinajstić information content (AvgIpc) is 2.26. The molecule has 12 heteroatoms. The molecule has 0 aromatic rings. The summed E-state index contributed by atoms with van der Waals surface area (Å²) in [5, 5.41) is 41.6. The van der Waals surface area contributed by atoms with Crippen molar-refractivity contribution in [2.45, 2.75) is 22.5 Å². The van der Waals surface area contributed by atoms with Gasteiger partial charge in [-0.25, -0.2) is 0 Å². The molecule has 0 saturated heterocycles. The van der Waals surface area contributed by atoms with Gasteiger partial charge >= 0.3 is 0 Å². The predicted molar refractivity (Wildman–Crippen MR) is 74.2 cm³/mol. The first kappa shape index (κ1) is 19.4. The van der Waals surface area contributed by atoms with E-state index in [-0.39, 0.29) is 23.1 Å². The summed E-state index contributed by atoms with van der Waals surface area (Å²) in [4.78, 5) is 11.4. The number of aliphatic hydroxyl groups is 5. The molecule has 0 saturated carbocycles. The summed E-state index contributed by atoms with van der Waals surface area (Å²) in [6.45, 7) is -0.105. The third-order valence-electron chi connectivity index (χ3n) is 1.66. The molecule has 19 heavy (non-hydrogen) atoms. The van der Waals surface area contributed by atoms with Gasteiger partial charge in [-0.2, -0.15) is 0 Å². The number of aliphatic hydroxyl groups excluding tert-OH is 1. The molecule has 0 aromatic heterocycles. The number of thioether (sulfide) groups is 1. The Labute approximate surface area is 121 Å². The van der Waals surface area contributed by atoms with Crippen LogP contribution in [0.3, 0.4) is 0 Å². The highest BCUT2D eigenvalue weighted by Crippen LogP contribution is 2.36. The minimum Gasteiger partial charge on any atom is -0.381 e. The summed E-state index contributed by atoms with van der Waals surface area (Å²) >= 11 is 0.567. The minimum atomic E-state index is -3.22. The van der Waals surface area contributed by atoms with Gasteiger partial charge in [0.05, 0.1) is 6.04 Å². The maximum Gasteiger partial charge on any atom is 0.295 e. The highest BCUT2D eigenvalue weighted by atomic mass is 33.1. The molecule has 0 aliphatic heterocycles. The van der Waals surface area contributed by atoms with E-state index in [4.69, 9.17) is 32.5 Å². The maximum absolute atomic E-state index is 11.4. The Morgan fingerprint density at radius 3 is 2.21 bits per heavy atom. The lowest BCUT2D eigenvalue weighted by Gasteiger charge is -2.29. The number of carbonyl (C=O) groups is 1. The molecule has 11 N–H and O–H groups in total. The standard InChI is InChI=1S/C7H17N3O6S3/c8-1-4(11)18-5(12)3(9)2-17-19-7(15,16)6(10,13)14/h3-4,11,13-16H,1-2,8-10H2. The van der Waals surface area contributed by atoms with Crippen LogP contribution in [-0.2, 0) is 4.79 Å². The average molecular weight is 335 g/mol. The van der Waals surface area contributed by atoms with Gasteiger partial charge in [0.25, 0.3) is 11.0 Å².